The number of fused-ring (bicyclic) bond motifs is 5. The Morgan fingerprint density at radius 1 is 1.27 bits per heavy atom. The van der Waals surface area contributed by atoms with Gasteiger partial charge in [-0.2, -0.15) is 5.11 Å². The number of ketones is 1. The summed E-state index contributed by atoms with van der Waals surface area (Å²) in [6.45, 7) is 4.11. The van der Waals surface area contributed by atoms with Crippen LogP contribution in [0.25, 0.3) is 0 Å². The number of carbonyl (C=O) groups excluding carboxylic acids is 1. The summed E-state index contributed by atoms with van der Waals surface area (Å²) in [5, 5.41) is 3.51. The molecular formula is C19H23N2O. The molecule has 115 valence electrons. The Morgan fingerprint density at radius 3 is 2.86 bits per heavy atom. The number of nitrogens with zero attached hydrogens (tertiary/aromatic N) is 2. The van der Waals surface area contributed by atoms with Gasteiger partial charge in [0.25, 0.3) is 0 Å². The van der Waals surface area contributed by atoms with E-state index >= 15 is 0 Å². The summed E-state index contributed by atoms with van der Waals surface area (Å²) in [4.78, 5) is 12.3. The zero-order valence-electron chi connectivity index (χ0n) is 13.3. The highest BCUT2D eigenvalue weighted by Gasteiger charge is 2.55. The zero-order chi connectivity index (χ0) is 15.5. The lowest BCUT2D eigenvalue weighted by molar-refractivity contribution is -0.129. The maximum atomic E-state index is 12.3. The van der Waals surface area contributed by atoms with Crippen molar-refractivity contribution in [2.24, 2.45) is 34.2 Å². The van der Waals surface area contributed by atoms with Crippen LogP contribution in [0.2, 0.25) is 0 Å². The molecule has 0 saturated heterocycles. The predicted octanol–water partition coefficient (Wildman–Crippen LogP) is 3.69. The van der Waals surface area contributed by atoms with Crippen LogP contribution in [-0.2, 0) is 4.79 Å². The molecule has 0 N–H and O–H groups in total. The van der Waals surface area contributed by atoms with Crippen LogP contribution < -0.4 is 5.53 Å². The summed E-state index contributed by atoms with van der Waals surface area (Å²) in [6, 6.07) is 0. The number of rotatable bonds is 1. The van der Waals surface area contributed by atoms with Crippen LogP contribution in [0.3, 0.4) is 0 Å². The molecule has 0 aromatic carbocycles. The van der Waals surface area contributed by atoms with Crippen LogP contribution in [-0.4, -0.2) is 11.3 Å². The molecule has 4 aliphatic carbocycles. The number of hydrogen-bond acceptors (Lipinski definition) is 2. The Labute approximate surface area is 132 Å². The van der Waals surface area contributed by atoms with Gasteiger partial charge in [-0.3, -0.25) is 4.79 Å². The van der Waals surface area contributed by atoms with E-state index in [1.165, 1.54) is 5.57 Å². The fourth-order valence-corrected chi connectivity index (χ4v) is 5.42. The fourth-order valence-electron chi connectivity index (χ4n) is 5.42. The number of Topliss-reactive ketones (excluding diaryl/α,β-unsaturated/α-hetero) is 1. The van der Waals surface area contributed by atoms with Crippen molar-refractivity contribution in [2.75, 3.05) is 0 Å². The predicted molar refractivity (Wildman–Crippen MR) is 84.9 cm³/mol. The normalized spacial score (nSPS) is 49.2. The van der Waals surface area contributed by atoms with E-state index in [1.54, 1.807) is 0 Å². The van der Waals surface area contributed by atoms with Gasteiger partial charge in [0.2, 0.25) is 0 Å². The van der Waals surface area contributed by atoms with Gasteiger partial charge in [-0.05, 0) is 61.1 Å². The molecule has 0 heterocycles. The lowest BCUT2D eigenvalue weighted by Gasteiger charge is -2.49. The lowest BCUT2D eigenvalue weighted by Crippen LogP contribution is -2.44. The molecule has 4 aliphatic rings. The molecule has 3 nitrogen and oxygen atoms in total. The second-order valence-electron chi connectivity index (χ2n) is 7.98. The largest absolute Gasteiger partial charge is 0.299 e. The van der Waals surface area contributed by atoms with E-state index in [9.17, 15) is 10.3 Å². The van der Waals surface area contributed by atoms with E-state index in [2.05, 4.69) is 36.3 Å². The fraction of sp³-hybridized carbons (Fsp3) is 0.632. The minimum Gasteiger partial charge on any atom is -0.299 e. The van der Waals surface area contributed by atoms with Gasteiger partial charge in [-0.1, -0.05) is 31.2 Å². The quantitative estimate of drug-likeness (QED) is 0.537. The van der Waals surface area contributed by atoms with Gasteiger partial charge < -0.3 is 0 Å². The van der Waals surface area contributed by atoms with Gasteiger partial charge in [0.05, 0.1) is 0 Å². The number of allylic oxidation sites excluding steroid dienone is 4. The number of carbonyl (C=O) groups is 1. The molecule has 6 atom stereocenters. The summed E-state index contributed by atoms with van der Waals surface area (Å²) >= 11 is 0. The molecule has 0 aromatic heterocycles. The second-order valence-corrected chi connectivity index (χ2v) is 7.98. The van der Waals surface area contributed by atoms with E-state index in [0.717, 1.165) is 25.7 Å². The SMILES string of the molecule is CC1(N=[N])C=CC2C(=C1)C=CC1C2CC[C@]2(C)C(=O)CCC12. The van der Waals surface area contributed by atoms with Crippen molar-refractivity contribution in [3.8, 4) is 0 Å². The van der Waals surface area contributed by atoms with Crippen molar-refractivity contribution >= 4 is 5.78 Å². The van der Waals surface area contributed by atoms with E-state index in [0.29, 0.717) is 29.5 Å². The Hall–Kier alpha value is -1.51. The highest BCUT2D eigenvalue weighted by molar-refractivity contribution is 5.87. The summed E-state index contributed by atoms with van der Waals surface area (Å²) < 4.78 is 0. The topological polar surface area (TPSA) is 51.7 Å². The Balaban J connectivity index is 1.71. The van der Waals surface area contributed by atoms with Gasteiger partial charge in [-0.25, -0.2) is 0 Å². The Kier molecular flexibility index (Phi) is 2.88. The molecule has 3 heteroatoms. The number of hydrogen-bond donors (Lipinski definition) is 0. The molecule has 1 radical (unpaired) electrons. The molecule has 5 unspecified atom stereocenters. The average Bonchev–Trinajstić information content (AvgIpc) is 2.82. The van der Waals surface area contributed by atoms with Crippen molar-refractivity contribution in [1.82, 2.24) is 5.53 Å². The van der Waals surface area contributed by atoms with Crippen molar-refractivity contribution in [3.05, 3.63) is 36.0 Å². The van der Waals surface area contributed by atoms with Crippen molar-refractivity contribution < 1.29 is 4.79 Å². The van der Waals surface area contributed by atoms with Crippen LogP contribution >= 0.6 is 0 Å². The molecule has 4 rings (SSSR count). The third-order valence-corrected chi connectivity index (χ3v) is 6.77. The van der Waals surface area contributed by atoms with E-state index < -0.39 is 5.54 Å². The van der Waals surface area contributed by atoms with Gasteiger partial charge in [0, 0.05) is 17.8 Å². The molecule has 0 amide bonds. The molecule has 2 fully saturated rings. The zero-order valence-corrected chi connectivity index (χ0v) is 13.3. The molecular weight excluding hydrogens is 272 g/mol. The minimum atomic E-state index is -0.588. The highest BCUT2D eigenvalue weighted by Crippen LogP contribution is 2.58. The van der Waals surface area contributed by atoms with Crippen LogP contribution in [0.1, 0.15) is 39.5 Å². The summed E-state index contributed by atoms with van der Waals surface area (Å²) in [6.07, 6.45) is 14.9. The maximum Gasteiger partial charge on any atom is 0.139 e. The Morgan fingerprint density at radius 2 is 2.09 bits per heavy atom. The molecule has 0 aromatic rings. The molecule has 2 saturated carbocycles. The monoisotopic (exact) mass is 295 g/mol. The Bertz CT molecular complexity index is 631. The first-order valence-electron chi connectivity index (χ1n) is 8.47. The smallest absolute Gasteiger partial charge is 0.139 e. The van der Waals surface area contributed by atoms with Gasteiger partial charge in [0.15, 0.2) is 0 Å². The summed E-state index contributed by atoms with van der Waals surface area (Å²) in [5.74, 6) is 2.54. The highest BCUT2D eigenvalue weighted by atomic mass is 16.1. The van der Waals surface area contributed by atoms with Crippen molar-refractivity contribution in [1.29, 1.82) is 0 Å². The summed E-state index contributed by atoms with van der Waals surface area (Å²) in [5.41, 5.74) is 9.83. The first-order chi connectivity index (χ1) is 10.5. The van der Waals surface area contributed by atoms with Crippen molar-refractivity contribution in [2.45, 2.75) is 45.1 Å². The first kappa shape index (κ1) is 14.1. The third kappa shape index (κ3) is 1.77. The molecule has 22 heavy (non-hydrogen) atoms. The van der Waals surface area contributed by atoms with Crippen LogP contribution in [0.15, 0.2) is 41.1 Å². The van der Waals surface area contributed by atoms with Crippen LogP contribution in [0, 0.1) is 29.1 Å². The standard InChI is InChI=1S/C19H23N2O/c1-18(21-20)9-7-13-12(11-18)3-4-15-14(13)8-10-19(2)16(15)5-6-17(19)22/h3-4,7,9,11,13-16H,5-6,8,10H2,1-2H3/t13?,14?,15?,16?,18?,19-/m0/s1. The molecule has 0 bridgehead atoms. The minimum absolute atomic E-state index is 0.0833. The van der Waals surface area contributed by atoms with Gasteiger partial charge >= 0.3 is 0 Å². The average molecular weight is 295 g/mol. The third-order valence-electron chi connectivity index (χ3n) is 6.77. The molecule has 0 spiro atoms. The van der Waals surface area contributed by atoms with Crippen LogP contribution in [0.5, 0.6) is 0 Å². The first-order valence-corrected chi connectivity index (χ1v) is 8.47. The maximum absolute atomic E-state index is 12.3. The second kappa shape index (κ2) is 4.50. The summed E-state index contributed by atoms with van der Waals surface area (Å²) in [7, 11) is 0. The van der Waals surface area contributed by atoms with E-state index in [1.807, 2.05) is 13.0 Å². The lowest BCUT2D eigenvalue weighted by atomic mass is 9.54. The van der Waals surface area contributed by atoms with Crippen molar-refractivity contribution in [3.63, 3.8) is 0 Å². The van der Waals surface area contributed by atoms with Crippen LogP contribution in [0.4, 0.5) is 0 Å². The van der Waals surface area contributed by atoms with Gasteiger partial charge in [0.1, 0.15) is 11.3 Å². The van der Waals surface area contributed by atoms with E-state index in [4.69, 9.17) is 0 Å². The molecule has 0 aliphatic heterocycles. The van der Waals surface area contributed by atoms with Gasteiger partial charge in [-0.15, -0.1) is 0 Å². The van der Waals surface area contributed by atoms with E-state index in [-0.39, 0.29) is 5.41 Å².